The van der Waals surface area contributed by atoms with Gasteiger partial charge in [-0.25, -0.2) is 12.7 Å². The lowest BCUT2D eigenvalue weighted by molar-refractivity contribution is -0.124. The summed E-state index contributed by atoms with van der Waals surface area (Å²) in [5, 5.41) is 3.03. The van der Waals surface area contributed by atoms with Gasteiger partial charge < -0.3 is 11.1 Å². The summed E-state index contributed by atoms with van der Waals surface area (Å²) in [4.78, 5) is 12.7. The zero-order valence-corrected chi connectivity index (χ0v) is 16.8. The van der Waals surface area contributed by atoms with E-state index in [1.165, 1.54) is 24.8 Å². The normalized spacial score (nSPS) is 18.5. The van der Waals surface area contributed by atoms with Crippen LogP contribution in [0.4, 0.5) is 0 Å². The number of carbonyl (C=O) groups excluding carboxylic acids is 1. The zero-order valence-electron chi connectivity index (χ0n) is 16.0. The molecule has 1 saturated carbocycles. The lowest BCUT2D eigenvalue weighted by Gasteiger charge is -2.36. The molecule has 0 spiro atoms. The first-order valence-corrected chi connectivity index (χ1v) is 10.7. The van der Waals surface area contributed by atoms with E-state index >= 15 is 0 Å². The van der Waals surface area contributed by atoms with Crippen LogP contribution in [0.5, 0.6) is 0 Å². The molecule has 0 heterocycles. The minimum Gasteiger partial charge on any atom is -0.350 e. The van der Waals surface area contributed by atoms with Crippen molar-refractivity contribution in [3.8, 4) is 0 Å². The Morgan fingerprint density at radius 2 is 1.77 bits per heavy atom. The predicted molar refractivity (Wildman–Crippen MR) is 103 cm³/mol. The van der Waals surface area contributed by atoms with E-state index in [2.05, 4.69) is 5.32 Å². The molecule has 1 aliphatic rings. The minimum absolute atomic E-state index is 0.00911. The van der Waals surface area contributed by atoms with Gasteiger partial charge in [-0.15, -0.1) is 0 Å². The highest BCUT2D eigenvalue weighted by Crippen LogP contribution is 2.38. The third kappa shape index (κ3) is 4.84. The molecule has 0 saturated heterocycles. The van der Waals surface area contributed by atoms with E-state index < -0.39 is 10.0 Å². The molecule has 7 heteroatoms. The highest BCUT2D eigenvalue weighted by Gasteiger charge is 2.33. The van der Waals surface area contributed by atoms with E-state index in [0.717, 1.165) is 31.2 Å². The molecule has 26 heavy (non-hydrogen) atoms. The van der Waals surface area contributed by atoms with Crippen LogP contribution >= 0.6 is 0 Å². The quantitative estimate of drug-likeness (QED) is 0.758. The molecule has 1 aromatic rings. The van der Waals surface area contributed by atoms with Crippen molar-refractivity contribution in [1.82, 2.24) is 9.62 Å². The summed E-state index contributed by atoms with van der Waals surface area (Å²) in [7, 11) is -0.432. The Morgan fingerprint density at radius 1 is 1.19 bits per heavy atom. The first-order valence-electron chi connectivity index (χ1n) is 9.22. The zero-order chi connectivity index (χ0) is 19.4. The van der Waals surface area contributed by atoms with Crippen LogP contribution in [-0.2, 0) is 14.8 Å². The molecule has 1 aromatic carbocycles. The minimum atomic E-state index is -3.44. The number of hydrogen-bond donors (Lipinski definition) is 2. The van der Waals surface area contributed by atoms with Crippen LogP contribution < -0.4 is 11.1 Å². The van der Waals surface area contributed by atoms with E-state index in [1.54, 1.807) is 24.3 Å². The van der Waals surface area contributed by atoms with Gasteiger partial charge in [0, 0.05) is 20.5 Å². The van der Waals surface area contributed by atoms with Gasteiger partial charge in [0.15, 0.2) is 0 Å². The van der Waals surface area contributed by atoms with E-state index in [0.29, 0.717) is 13.0 Å². The standard InChI is InChI=1S/C19H31N3O3S/c1-15(16-7-9-17(10-8-16)26(24,25)22(2)3)21-18(23)13-19(14-20)11-5-4-6-12-19/h7-10,15H,4-6,11-14,20H2,1-3H3,(H,21,23). The van der Waals surface area contributed by atoms with Gasteiger partial charge in [-0.1, -0.05) is 31.4 Å². The Labute approximate surface area is 157 Å². The highest BCUT2D eigenvalue weighted by atomic mass is 32.2. The third-order valence-corrected chi connectivity index (χ3v) is 7.25. The monoisotopic (exact) mass is 381 g/mol. The molecule has 0 aliphatic heterocycles. The fourth-order valence-corrected chi connectivity index (χ4v) is 4.51. The Morgan fingerprint density at radius 3 is 2.27 bits per heavy atom. The van der Waals surface area contributed by atoms with Gasteiger partial charge in [-0.3, -0.25) is 4.79 Å². The van der Waals surface area contributed by atoms with Crippen molar-refractivity contribution < 1.29 is 13.2 Å². The largest absolute Gasteiger partial charge is 0.350 e. The number of nitrogens with two attached hydrogens (primary N) is 1. The molecule has 0 aromatic heterocycles. The molecule has 1 fully saturated rings. The second kappa shape index (κ2) is 8.50. The summed E-state index contributed by atoms with van der Waals surface area (Å²) >= 11 is 0. The fourth-order valence-electron chi connectivity index (χ4n) is 3.61. The summed E-state index contributed by atoms with van der Waals surface area (Å²) in [5.41, 5.74) is 6.78. The fraction of sp³-hybridized carbons (Fsp3) is 0.632. The Hall–Kier alpha value is -1.44. The molecule has 0 radical (unpaired) electrons. The van der Waals surface area contributed by atoms with Gasteiger partial charge in [0.25, 0.3) is 0 Å². The van der Waals surface area contributed by atoms with Gasteiger partial charge in [-0.05, 0) is 49.4 Å². The number of carbonyl (C=O) groups is 1. The number of amides is 1. The number of rotatable bonds is 7. The molecule has 1 atom stereocenters. The summed E-state index contributed by atoms with van der Waals surface area (Å²) in [6, 6.07) is 6.48. The Bertz CT molecular complexity index is 708. The van der Waals surface area contributed by atoms with Crippen molar-refractivity contribution in [1.29, 1.82) is 0 Å². The molecule has 1 aliphatic carbocycles. The molecule has 1 unspecified atom stereocenters. The maximum absolute atomic E-state index is 12.5. The van der Waals surface area contributed by atoms with Crippen LogP contribution in [0.15, 0.2) is 29.2 Å². The van der Waals surface area contributed by atoms with E-state index in [9.17, 15) is 13.2 Å². The number of nitrogens with one attached hydrogen (secondary N) is 1. The van der Waals surface area contributed by atoms with Gasteiger partial charge in [-0.2, -0.15) is 0 Å². The van der Waals surface area contributed by atoms with Crippen LogP contribution in [0.1, 0.15) is 57.1 Å². The molecule has 6 nitrogen and oxygen atoms in total. The lowest BCUT2D eigenvalue weighted by atomic mass is 9.71. The van der Waals surface area contributed by atoms with Crippen molar-refractivity contribution in [3.63, 3.8) is 0 Å². The summed E-state index contributed by atoms with van der Waals surface area (Å²) in [6.07, 6.45) is 6.00. The number of benzene rings is 1. The first kappa shape index (κ1) is 20.9. The van der Waals surface area contributed by atoms with Gasteiger partial charge in [0.05, 0.1) is 10.9 Å². The molecule has 2 rings (SSSR count). The second-order valence-corrected chi connectivity index (χ2v) is 9.74. The van der Waals surface area contributed by atoms with Gasteiger partial charge in [0.2, 0.25) is 15.9 Å². The predicted octanol–water partition coefficient (Wildman–Crippen LogP) is 2.41. The SMILES string of the molecule is CC(NC(=O)CC1(CN)CCCCC1)c1ccc(S(=O)(=O)N(C)C)cc1. The number of nitrogens with zero attached hydrogens (tertiary/aromatic N) is 1. The van der Waals surface area contributed by atoms with Crippen LogP contribution in [0.25, 0.3) is 0 Å². The number of hydrogen-bond acceptors (Lipinski definition) is 4. The molecule has 0 bridgehead atoms. The molecular formula is C19H31N3O3S. The topological polar surface area (TPSA) is 92.5 Å². The first-order chi connectivity index (χ1) is 12.2. The van der Waals surface area contributed by atoms with Crippen LogP contribution in [0, 0.1) is 5.41 Å². The van der Waals surface area contributed by atoms with Gasteiger partial charge >= 0.3 is 0 Å². The van der Waals surface area contributed by atoms with Crippen LogP contribution in [-0.4, -0.2) is 39.3 Å². The van der Waals surface area contributed by atoms with Gasteiger partial charge in [0.1, 0.15) is 0 Å². The summed E-state index contributed by atoms with van der Waals surface area (Å²) < 4.78 is 25.4. The second-order valence-electron chi connectivity index (χ2n) is 7.59. The van der Waals surface area contributed by atoms with Crippen molar-refractivity contribution in [3.05, 3.63) is 29.8 Å². The maximum Gasteiger partial charge on any atom is 0.242 e. The molecule has 3 N–H and O–H groups in total. The third-order valence-electron chi connectivity index (χ3n) is 5.42. The van der Waals surface area contributed by atoms with E-state index in [1.807, 2.05) is 6.92 Å². The van der Waals surface area contributed by atoms with Crippen molar-refractivity contribution in [2.45, 2.75) is 56.4 Å². The number of sulfonamides is 1. The smallest absolute Gasteiger partial charge is 0.242 e. The average molecular weight is 382 g/mol. The lowest BCUT2D eigenvalue weighted by Crippen LogP contribution is -2.39. The maximum atomic E-state index is 12.5. The van der Waals surface area contributed by atoms with Crippen LogP contribution in [0.2, 0.25) is 0 Å². The van der Waals surface area contributed by atoms with E-state index in [-0.39, 0.29) is 22.3 Å². The summed E-state index contributed by atoms with van der Waals surface area (Å²) in [5.74, 6) is 0.00911. The van der Waals surface area contributed by atoms with Crippen molar-refractivity contribution >= 4 is 15.9 Å². The van der Waals surface area contributed by atoms with Crippen molar-refractivity contribution in [2.24, 2.45) is 11.1 Å². The van der Waals surface area contributed by atoms with Crippen LogP contribution in [0.3, 0.4) is 0 Å². The average Bonchev–Trinajstić information content (AvgIpc) is 2.62. The summed E-state index contributed by atoms with van der Waals surface area (Å²) in [6.45, 7) is 2.45. The Balaban J connectivity index is 2.01. The molecular weight excluding hydrogens is 350 g/mol. The highest BCUT2D eigenvalue weighted by molar-refractivity contribution is 7.89. The van der Waals surface area contributed by atoms with Crippen molar-refractivity contribution in [2.75, 3.05) is 20.6 Å². The van der Waals surface area contributed by atoms with E-state index in [4.69, 9.17) is 5.73 Å². The Kier molecular flexibility index (Phi) is 6.82. The molecule has 146 valence electrons. The molecule has 1 amide bonds.